The number of rotatable bonds is 3. The molecule has 1 atom stereocenters. The van der Waals surface area contributed by atoms with Crippen molar-refractivity contribution in [2.24, 2.45) is 5.92 Å². The maximum Gasteiger partial charge on any atom is 0.241 e. The summed E-state index contributed by atoms with van der Waals surface area (Å²) in [6.07, 6.45) is 4.42. The largest absolute Gasteiger partial charge is 0.376 e. The van der Waals surface area contributed by atoms with E-state index in [1.807, 2.05) is 0 Å². The smallest absolute Gasteiger partial charge is 0.241 e. The first-order valence-electron chi connectivity index (χ1n) is 5.71. The second-order valence-electron chi connectivity index (χ2n) is 4.23. The molecule has 0 bridgehead atoms. The minimum Gasteiger partial charge on any atom is -0.376 e. The van der Waals surface area contributed by atoms with Crippen molar-refractivity contribution in [2.45, 2.75) is 31.8 Å². The van der Waals surface area contributed by atoms with Crippen molar-refractivity contribution in [3.05, 3.63) is 0 Å². The normalized spacial score (nSPS) is 23.9. The van der Waals surface area contributed by atoms with E-state index in [2.05, 4.69) is 16.2 Å². The average Bonchev–Trinajstić information content (AvgIpc) is 3.01. The molecule has 2 rings (SSSR count). The minimum atomic E-state index is 0.0290. The number of amides is 1. The zero-order valence-electron chi connectivity index (χ0n) is 9.12. The Bertz CT molecular complexity index is 275. The Morgan fingerprint density at radius 2 is 2.12 bits per heavy atom. The summed E-state index contributed by atoms with van der Waals surface area (Å²) < 4.78 is 5.44. The van der Waals surface area contributed by atoms with Crippen LogP contribution in [-0.2, 0) is 9.53 Å². The summed E-state index contributed by atoms with van der Waals surface area (Å²) in [5.74, 6) is 0.217. The molecule has 0 aromatic carbocycles. The van der Waals surface area contributed by atoms with Crippen LogP contribution in [0.1, 0.15) is 25.7 Å². The lowest BCUT2D eigenvalue weighted by atomic mass is 10.2. The number of carbonyl (C=O) groups is 1. The van der Waals surface area contributed by atoms with Crippen LogP contribution in [0.5, 0.6) is 0 Å². The number of carbonyl (C=O) groups excluding carboxylic acids is 1. The average molecular weight is 243 g/mol. The van der Waals surface area contributed by atoms with Gasteiger partial charge in [-0.1, -0.05) is 0 Å². The van der Waals surface area contributed by atoms with Gasteiger partial charge in [-0.3, -0.25) is 15.6 Å². The van der Waals surface area contributed by atoms with Crippen molar-refractivity contribution in [1.82, 2.24) is 16.2 Å². The molecule has 6 heteroatoms. The fraction of sp³-hybridized carbons (Fsp3) is 0.800. The van der Waals surface area contributed by atoms with Crippen molar-refractivity contribution >= 4 is 23.2 Å². The second-order valence-corrected chi connectivity index (χ2v) is 4.64. The van der Waals surface area contributed by atoms with E-state index < -0.39 is 0 Å². The first-order valence-corrected chi connectivity index (χ1v) is 6.12. The molecule has 5 nitrogen and oxygen atoms in total. The SMILES string of the molecule is O=C(NNC(=S)NC[C@H]1CCCO1)C1CC1. The van der Waals surface area contributed by atoms with E-state index >= 15 is 0 Å². The highest BCUT2D eigenvalue weighted by Gasteiger charge is 2.29. The van der Waals surface area contributed by atoms with Gasteiger partial charge in [0.05, 0.1) is 6.10 Å². The van der Waals surface area contributed by atoms with Gasteiger partial charge in [-0.15, -0.1) is 0 Å². The quantitative estimate of drug-likeness (QED) is 0.484. The van der Waals surface area contributed by atoms with Gasteiger partial charge in [-0.05, 0) is 37.9 Å². The molecule has 90 valence electrons. The van der Waals surface area contributed by atoms with E-state index in [1.165, 1.54) is 0 Å². The molecule has 0 radical (unpaired) electrons. The Labute approximate surface area is 100 Å². The highest BCUT2D eigenvalue weighted by molar-refractivity contribution is 7.80. The van der Waals surface area contributed by atoms with E-state index in [1.54, 1.807) is 0 Å². The van der Waals surface area contributed by atoms with Crippen LogP contribution in [0.25, 0.3) is 0 Å². The molecular formula is C10H17N3O2S. The molecule has 1 heterocycles. The summed E-state index contributed by atoms with van der Waals surface area (Å²) in [5.41, 5.74) is 5.28. The Balaban J connectivity index is 1.54. The van der Waals surface area contributed by atoms with Gasteiger partial charge in [-0.25, -0.2) is 0 Å². The van der Waals surface area contributed by atoms with Crippen molar-refractivity contribution < 1.29 is 9.53 Å². The molecule has 1 aliphatic heterocycles. The molecule has 1 saturated carbocycles. The van der Waals surface area contributed by atoms with Gasteiger partial charge >= 0.3 is 0 Å². The second kappa shape index (κ2) is 5.45. The lowest BCUT2D eigenvalue weighted by Gasteiger charge is -2.14. The van der Waals surface area contributed by atoms with Crippen LogP contribution in [0.4, 0.5) is 0 Å². The lowest BCUT2D eigenvalue weighted by molar-refractivity contribution is -0.122. The fourth-order valence-corrected chi connectivity index (χ4v) is 1.76. The van der Waals surface area contributed by atoms with Crippen LogP contribution in [0.3, 0.4) is 0 Å². The summed E-state index contributed by atoms with van der Waals surface area (Å²) in [7, 11) is 0. The molecule has 1 amide bonds. The van der Waals surface area contributed by atoms with Gasteiger partial charge < -0.3 is 10.1 Å². The Morgan fingerprint density at radius 3 is 2.75 bits per heavy atom. The molecule has 0 unspecified atom stereocenters. The molecule has 1 saturated heterocycles. The molecule has 2 fully saturated rings. The topological polar surface area (TPSA) is 62.4 Å². The fourth-order valence-electron chi connectivity index (χ4n) is 1.62. The Kier molecular flexibility index (Phi) is 3.95. The van der Waals surface area contributed by atoms with Gasteiger partial charge in [-0.2, -0.15) is 0 Å². The van der Waals surface area contributed by atoms with Crippen LogP contribution in [0.15, 0.2) is 0 Å². The van der Waals surface area contributed by atoms with E-state index in [4.69, 9.17) is 17.0 Å². The van der Waals surface area contributed by atoms with Gasteiger partial charge in [0, 0.05) is 19.1 Å². The van der Waals surface area contributed by atoms with E-state index in [9.17, 15) is 4.79 Å². The maximum atomic E-state index is 11.3. The third-order valence-corrected chi connectivity index (χ3v) is 3.01. The molecule has 3 N–H and O–H groups in total. The molecule has 1 aliphatic carbocycles. The van der Waals surface area contributed by atoms with E-state index in [-0.39, 0.29) is 17.9 Å². The van der Waals surface area contributed by atoms with Gasteiger partial charge in [0.25, 0.3) is 0 Å². The van der Waals surface area contributed by atoms with Crippen LogP contribution < -0.4 is 16.2 Å². The number of hydrogen-bond donors (Lipinski definition) is 3. The van der Waals surface area contributed by atoms with Crippen molar-refractivity contribution in [2.75, 3.05) is 13.2 Å². The highest BCUT2D eigenvalue weighted by Crippen LogP contribution is 2.28. The Morgan fingerprint density at radius 1 is 1.31 bits per heavy atom. The Hall–Kier alpha value is -0.880. The predicted octanol–water partition coefficient (Wildman–Crippen LogP) is 0.0707. The first kappa shape index (κ1) is 11.6. The molecule has 0 aromatic heterocycles. The van der Waals surface area contributed by atoms with Gasteiger partial charge in [0.15, 0.2) is 5.11 Å². The highest BCUT2D eigenvalue weighted by atomic mass is 32.1. The molecule has 2 aliphatic rings. The minimum absolute atomic E-state index is 0.0290. The zero-order chi connectivity index (χ0) is 11.4. The van der Waals surface area contributed by atoms with Crippen molar-refractivity contribution in [3.8, 4) is 0 Å². The molecule has 0 aromatic rings. The van der Waals surface area contributed by atoms with Crippen LogP contribution in [0.2, 0.25) is 0 Å². The summed E-state index contributed by atoms with van der Waals surface area (Å²) in [6, 6.07) is 0. The van der Waals surface area contributed by atoms with E-state index in [0.29, 0.717) is 11.7 Å². The van der Waals surface area contributed by atoms with Crippen molar-refractivity contribution in [1.29, 1.82) is 0 Å². The first-order chi connectivity index (χ1) is 7.75. The maximum absolute atomic E-state index is 11.3. The summed E-state index contributed by atoms with van der Waals surface area (Å²) in [6.45, 7) is 1.54. The van der Waals surface area contributed by atoms with Crippen LogP contribution >= 0.6 is 12.2 Å². The standard InChI is InChI=1S/C10H17N3O2S/c14-9(7-3-4-7)12-13-10(16)11-6-8-2-1-5-15-8/h7-8H,1-6H2,(H,12,14)(H2,11,13,16)/t8-/m1/s1. The summed E-state index contributed by atoms with van der Waals surface area (Å²) >= 11 is 5.02. The number of hydrazine groups is 1. The predicted molar refractivity (Wildman–Crippen MR) is 63.6 cm³/mol. The lowest BCUT2D eigenvalue weighted by Crippen LogP contribution is -2.48. The van der Waals surface area contributed by atoms with Gasteiger partial charge in [0.2, 0.25) is 5.91 Å². The third-order valence-electron chi connectivity index (χ3n) is 2.76. The number of nitrogens with one attached hydrogen (secondary N) is 3. The van der Waals surface area contributed by atoms with Crippen LogP contribution in [-0.4, -0.2) is 30.3 Å². The number of thiocarbonyl (C=S) groups is 1. The number of hydrogen-bond acceptors (Lipinski definition) is 3. The van der Waals surface area contributed by atoms with Crippen LogP contribution in [0, 0.1) is 5.92 Å². The summed E-state index contributed by atoms with van der Waals surface area (Å²) in [5, 5.41) is 3.47. The monoisotopic (exact) mass is 243 g/mol. The summed E-state index contributed by atoms with van der Waals surface area (Å²) in [4.78, 5) is 11.3. The number of ether oxygens (including phenoxy) is 1. The van der Waals surface area contributed by atoms with E-state index in [0.717, 1.165) is 32.3 Å². The van der Waals surface area contributed by atoms with Crippen molar-refractivity contribution in [3.63, 3.8) is 0 Å². The molecule has 0 spiro atoms. The zero-order valence-corrected chi connectivity index (χ0v) is 9.94. The molecule has 16 heavy (non-hydrogen) atoms. The third kappa shape index (κ3) is 3.61. The van der Waals surface area contributed by atoms with Gasteiger partial charge in [0.1, 0.15) is 0 Å². The molecular weight excluding hydrogens is 226 g/mol.